The number of Topliss-reactive ketones (excluding diaryl/α,β-unsaturated/α-hetero) is 1. The summed E-state index contributed by atoms with van der Waals surface area (Å²) in [5, 5.41) is 7.08. The number of likely N-dealkylation sites (tertiary alicyclic amines) is 1. The molecule has 0 bridgehead atoms. The van der Waals surface area contributed by atoms with E-state index in [4.69, 9.17) is 0 Å². The third kappa shape index (κ3) is 3.29. The van der Waals surface area contributed by atoms with E-state index in [0.29, 0.717) is 5.78 Å². The Labute approximate surface area is 172 Å². The molecule has 0 radical (unpaired) electrons. The van der Waals surface area contributed by atoms with E-state index < -0.39 is 0 Å². The summed E-state index contributed by atoms with van der Waals surface area (Å²) in [7, 11) is 0. The minimum absolute atomic E-state index is 0.0868. The lowest BCUT2D eigenvalue weighted by Gasteiger charge is -2.32. The number of ketones is 1. The first-order chi connectivity index (χ1) is 14.1. The van der Waals surface area contributed by atoms with E-state index >= 15 is 0 Å². The van der Waals surface area contributed by atoms with Gasteiger partial charge in [0, 0.05) is 42.9 Å². The Bertz CT molecular complexity index is 1070. The second-order valence-corrected chi connectivity index (χ2v) is 8.65. The highest BCUT2D eigenvalue weighted by molar-refractivity contribution is 6.11. The molecule has 0 saturated carbocycles. The van der Waals surface area contributed by atoms with Gasteiger partial charge >= 0.3 is 0 Å². The number of nitrogens with zero attached hydrogens (tertiary/aromatic N) is 3. The first-order valence-corrected chi connectivity index (χ1v) is 11.0. The maximum atomic E-state index is 13.5. The van der Waals surface area contributed by atoms with Crippen molar-refractivity contribution in [2.45, 2.75) is 52.6 Å². The summed E-state index contributed by atoms with van der Waals surface area (Å²) >= 11 is 0. The normalized spacial score (nSPS) is 19.2. The van der Waals surface area contributed by atoms with Crippen molar-refractivity contribution in [1.82, 2.24) is 14.7 Å². The summed E-state index contributed by atoms with van der Waals surface area (Å²) in [6.07, 6.45) is 6.44. The predicted octanol–water partition coefficient (Wildman–Crippen LogP) is 4.56. The fourth-order valence-corrected chi connectivity index (χ4v) is 5.21. The smallest absolute Gasteiger partial charge is 0.167 e. The number of aromatic nitrogens is 2. The van der Waals surface area contributed by atoms with Crippen molar-refractivity contribution in [2.75, 3.05) is 13.1 Å². The monoisotopic (exact) mass is 387 g/mol. The molecule has 2 aromatic carbocycles. The Hall–Kier alpha value is -2.46. The first-order valence-electron chi connectivity index (χ1n) is 11.0. The zero-order valence-corrected chi connectivity index (χ0v) is 17.4. The third-order valence-corrected chi connectivity index (χ3v) is 6.78. The minimum atomic E-state index is 0.0868. The highest BCUT2D eigenvalue weighted by Gasteiger charge is 2.29. The molecule has 29 heavy (non-hydrogen) atoms. The molecule has 0 N–H and O–H groups in total. The number of carbonyl (C=O) groups is 1. The zero-order valence-electron chi connectivity index (χ0n) is 17.4. The Kier molecular flexibility index (Phi) is 4.75. The molecule has 0 unspecified atom stereocenters. The molecule has 4 heteroatoms. The summed E-state index contributed by atoms with van der Waals surface area (Å²) in [5.74, 6) is 0.412. The lowest BCUT2D eigenvalue weighted by atomic mass is 9.87. The Balaban J connectivity index is 1.38. The largest absolute Gasteiger partial charge is 0.298 e. The van der Waals surface area contributed by atoms with Crippen molar-refractivity contribution >= 4 is 16.6 Å². The lowest BCUT2D eigenvalue weighted by molar-refractivity contribution is 0.0813. The van der Waals surface area contributed by atoms with Crippen LogP contribution in [0.25, 0.3) is 10.8 Å². The molecule has 1 aromatic heterocycles. The summed E-state index contributed by atoms with van der Waals surface area (Å²) < 4.78 is 2.00. The van der Waals surface area contributed by atoms with Crippen LogP contribution in [0, 0.1) is 12.8 Å². The van der Waals surface area contributed by atoms with Crippen LogP contribution in [0.15, 0.2) is 36.5 Å². The Morgan fingerprint density at radius 2 is 2.00 bits per heavy atom. The van der Waals surface area contributed by atoms with E-state index in [1.54, 1.807) is 0 Å². The summed E-state index contributed by atoms with van der Waals surface area (Å²) in [5.41, 5.74) is 6.12. The number of benzene rings is 2. The van der Waals surface area contributed by atoms with Gasteiger partial charge in [-0.1, -0.05) is 30.3 Å². The Morgan fingerprint density at radius 1 is 1.17 bits per heavy atom. The van der Waals surface area contributed by atoms with Crippen LogP contribution < -0.4 is 0 Å². The average Bonchev–Trinajstić information content (AvgIpc) is 3.33. The molecule has 4 nitrogen and oxygen atoms in total. The van der Waals surface area contributed by atoms with Crippen molar-refractivity contribution in [3.63, 3.8) is 0 Å². The topological polar surface area (TPSA) is 38.1 Å². The molecular formula is C25H29N3O. The average molecular weight is 388 g/mol. The molecule has 0 amide bonds. The van der Waals surface area contributed by atoms with E-state index in [2.05, 4.69) is 60.4 Å². The van der Waals surface area contributed by atoms with Gasteiger partial charge in [-0.2, -0.15) is 5.10 Å². The number of piperidine rings is 1. The van der Waals surface area contributed by atoms with Crippen LogP contribution in [0.5, 0.6) is 0 Å². The van der Waals surface area contributed by atoms with Crippen LogP contribution in [-0.4, -0.2) is 33.6 Å². The molecule has 1 aliphatic heterocycles. The van der Waals surface area contributed by atoms with Gasteiger partial charge in [0.1, 0.15) is 0 Å². The van der Waals surface area contributed by atoms with Crippen LogP contribution in [-0.2, 0) is 25.9 Å². The van der Waals surface area contributed by atoms with Crippen LogP contribution in [0.1, 0.15) is 52.5 Å². The van der Waals surface area contributed by atoms with Crippen molar-refractivity contribution in [2.24, 2.45) is 5.92 Å². The highest BCUT2D eigenvalue weighted by atomic mass is 16.1. The minimum Gasteiger partial charge on any atom is -0.298 e. The van der Waals surface area contributed by atoms with Crippen LogP contribution in [0.3, 0.4) is 0 Å². The second kappa shape index (κ2) is 7.42. The van der Waals surface area contributed by atoms with Crippen molar-refractivity contribution in [3.05, 3.63) is 64.5 Å². The van der Waals surface area contributed by atoms with E-state index in [1.165, 1.54) is 27.5 Å². The van der Waals surface area contributed by atoms with Gasteiger partial charge in [0.05, 0.1) is 5.69 Å². The van der Waals surface area contributed by atoms with E-state index in [-0.39, 0.29) is 5.92 Å². The van der Waals surface area contributed by atoms with Gasteiger partial charge in [0.25, 0.3) is 0 Å². The van der Waals surface area contributed by atoms with Gasteiger partial charge in [-0.3, -0.25) is 14.4 Å². The van der Waals surface area contributed by atoms with Gasteiger partial charge in [-0.05, 0) is 68.0 Å². The molecular weight excluding hydrogens is 358 g/mol. The molecule has 2 aliphatic rings. The zero-order chi connectivity index (χ0) is 20.0. The number of hydrogen-bond donors (Lipinski definition) is 0. The first kappa shape index (κ1) is 18.6. The molecule has 2 heterocycles. The van der Waals surface area contributed by atoms with Crippen LogP contribution in [0.4, 0.5) is 0 Å². The summed E-state index contributed by atoms with van der Waals surface area (Å²) in [4.78, 5) is 16.0. The summed E-state index contributed by atoms with van der Waals surface area (Å²) in [6.45, 7) is 7.89. The molecule has 3 aromatic rings. The van der Waals surface area contributed by atoms with E-state index in [0.717, 1.165) is 63.1 Å². The number of aryl methyl sites for hydroxylation is 4. The Morgan fingerprint density at radius 3 is 2.79 bits per heavy atom. The molecule has 150 valence electrons. The highest BCUT2D eigenvalue weighted by Crippen LogP contribution is 2.34. The predicted molar refractivity (Wildman–Crippen MR) is 116 cm³/mol. The number of rotatable bonds is 5. The molecule has 1 fully saturated rings. The quantitative estimate of drug-likeness (QED) is 0.603. The number of hydrogen-bond acceptors (Lipinski definition) is 3. The maximum absolute atomic E-state index is 13.5. The SMILES string of the molecule is CCn1cc(CN2CCC[C@H](C(=O)c3ccc4c5c(cccc35)CC4)C2)c(C)n1. The van der Waals surface area contributed by atoms with Crippen LogP contribution >= 0.6 is 0 Å². The van der Waals surface area contributed by atoms with E-state index in [9.17, 15) is 4.79 Å². The summed E-state index contributed by atoms with van der Waals surface area (Å²) in [6, 6.07) is 10.8. The molecule has 5 rings (SSSR count). The molecule has 0 spiro atoms. The van der Waals surface area contributed by atoms with Gasteiger partial charge in [-0.15, -0.1) is 0 Å². The third-order valence-electron chi connectivity index (χ3n) is 6.78. The molecule has 1 saturated heterocycles. The molecule has 1 atom stereocenters. The van der Waals surface area contributed by atoms with Crippen molar-refractivity contribution in [3.8, 4) is 0 Å². The number of carbonyl (C=O) groups excluding carboxylic acids is 1. The van der Waals surface area contributed by atoms with Gasteiger partial charge in [-0.25, -0.2) is 0 Å². The fraction of sp³-hybridized carbons (Fsp3) is 0.440. The van der Waals surface area contributed by atoms with E-state index in [1.807, 2.05) is 4.68 Å². The van der Waals surface area contributed by atoms with Gasteiger partial charge in [0.15, 0.2) is 5.78 Å². The maximum Gasteiger partial charge on any atom is 0.167 e. The van der Waals surface area contributed by atoms with Crippen molar-refractivity contribution < 1.29 is 4.79 Å². The second-order valence-electron chi connectivity index (χ2n) is 8.65. The van der Waals surface area contributed by atoms with Crippen molar-refractivity contribution in [1.29, 1.82) is 0 Å². The van der Waals surface area contributed by atoms with Crippen LogP contribution in [0.2, 0.25) is 0 Å². The lowest BCUT2D eigenvalue weighted by Crippen LogP contribution is -2.38. The fourth-order valence-electron chi connectivity index (χ4n) is 5.21. The van der Waals surface area contributed by atoms with Gasteiger partial charge < -0.3 is 0 Å². The molecule has 1 aliphatic carbocycles. The van der Waals surface area contributed by atoms with Gasteiger partial charge in [0.2, 0.25) is 0 Å². The standard InChI is InChI=1S/C25H29N3O/c1-3-28-16-21(17(2)26-28)15-27-13-5-7-20(14-27)25(29)23-12-11-19-10-9-18-6-4-8-22(23)24(18)19/h4,6,8,11-12,16,20H,3,5,7,9-10,13-15H2,1-2H3/t20-/m0/s1.